The van der Waals surface area contributed by atoms with E-state index >= 15 is 0 Å². The smallest absolute Gasteiger partial charge is 0.123 e. The molecule has 0 aliphatic heterocycles. The maximum absolute atomic E-state index is 13.1. The van der Waals surface area contributed by atoms with Crippen molar-refractivity contribution in [3.8, 4) is 11.3 Å². The van der Waals surface area contributed by atoms with E-state index in [-0.39, 0.29) is 5.82 Å². The predicted octanol–water partition coefficient (Wildman–Crippen LogP) is 2.00. The van der Waals surface area contributed by atoms with Gasteiger partial charge in [0.25, 0.3) is 0 Å². The molecule has 0 unspecified atom stereocenters. The molecule has 1 N–H and O–H groups in total. The molecular formula is C12H12FN3. The van der Waals surface area contributed by atoms with Crippen molar-refractivity contribution in [3.63, 3.8) is 0 Å². The van der Waals surface area contributed by atoms with Crippen LogP contribution < -0.4 is 5.32 Å². The van der Waals surface area contributed by atoms with Crippen molar-refractivity contribution in [3.05, 3.63) is 48.2 Å². The van der Waals surface area contributed by atoms with E-state index in [4.69, 9.17) is 0 Å². The van der Waals surface area contributed by atoms with Crippen LogP contribution in [-0.4, -0.2) is 17.0 Å². The highest BCUT2D eigenvalue weighted by Gasteiger charge is 2.06. The zero-order valence-electron chi connectivity index (χ0n) is 8.94. The Morgan fingerprint density at radius 2 is 2.19 bits per heavy atom. The minimum Gasteiger partial charge on any atom is -0.316 e. The van der Waals surface area contributed by atoms with Crippen molar-refractivity contribution in [2.45, 2.75) is 6.54 Å². The van der Waals surface area contributed by atoms with Gasteiger partial charge >= 0.3 is 0 Å². The van der Waals surface area contributed by atoms with E-state index in [2.05, 4.69) is 15.3 Å². The van der Waals surface area contributed by atoms with Crippen LogP contribution in [0.2, 0.25) is 0 Å². The van der Waals surface area contributed by atoms with Crippen molar-refractivity contribution in [1.82, 2.24) is 15.3 Å². The maximum Gasteiger partial charge on any atom is 0.123 e. The number of rotatable bonds is 3. The second-order valence-electron chi connectivity index (χ2n) is 3.42. The largest absolute Gasteiger partial charge is 0.316 e. The van der Waals surface area contributed by atoms with Crippen LogP contribution in [0.5, 0.6) is 0 Å². The van der Waals surface area contributed by atoms with Crippen molar-refractivity contribution in [1.29, 1.82) is 0 Å². The van der Waals surface area contributed by atoms with Gasteiger partial charge in [-0.3, -0.25) is 9.97 Å². The van der Waals surface area contributed by atoms with Crippen LogP contribution in [0.4, 0.5) is 4.39 Å². The van der Waals surface area contributed by atoms with Gasteiger partial charge in [0.15, 0.2) is 0 Å². The van der Waals surface area contributed by atoms with Crippen molar-refractivity contribution < 1.29 is 4.39 Å². The van der Waals surface area contributed by atoms with Crippen LogP contribution in [0.3, 0.4) is 0 Å². The summed E-state index contributed by atoms with van der Waals surface area (Å²) in [5.74, 6) is -0.238. The molecule has 1 aromatic heterocycles. The van der Waals surface area contributed by atoms with Gasteiger partial charge < -0.3 is 5.32 Å². The van der Waals surface area contributed by atoms with E-state index in [1.165, 1.54) is 12.1 Å². The Kier molecular flexibility index (Phi) is 3.22. The number of hydrogen-bond acceptors (Lipinski definition) is 3. The fourth-order valence-electron chi connectivity index (χ4n) is 1.59. The van der Waals surface area contributed by atoms with Gasteiger partial charge in [-0.2, -0.15) is 0 Å². The van der Waals surface area contributed by atoms with Crippen LogP contribution in [0.1, 0.15) is 5.56 Å². The molecule has 0 spiro atoms. The Morgan fingerprint density at radius 1 is 1.31 bits per heavy atom. The van der Waals surface area contributed by atoms with Gasteiger partial charge in [0.2, 0.25) is 0 Å². The van der Waals surface area contributed by atoms with E-state index in [0.717, 1.165) is 16.8 Å². The molecule has 0 saturated carbocycles. The first-order chi connectivity index (χ1) is 7.81. The molecule has 2 rings (SSSR count). The Hall–Kier alpha value is -1.81. The molecule has 0 radical (unpaired) electrons. The summed E-state index contributed by atoms with van der Waals surface area (Å²) in [7, 11) is 1.82. The zero-order chi connectivity index (χ0) is 11.4. The Morgan fingerprint density at radius 3 is 2.88 bits per heavy atom. The van der Waals surface area contributed by atoms with Crippen LogP contribution in [0.25, 0.3) is 11.3 Å². The number of aromatic nitrogens is 2. The van der Waals surface area contributed by atoms with Gasteiger partial charge in [0.1, 0.15) is 5.82 Å². The summed E-state index contributed by atoms with van der Waals surface area (Å²) in [6, 6.07) is 4.68. The first-order valence-electron chi connectivity index (χ1n) is 5.00. The lowest BCUT2D eigenvalue weighted by Crippen LogP contribution is -2.07. The molecule has 4 heteroatoms. The average Bonchev–Trinajstić information content (AvgIpc) is 2.31. The molecule has 1 aromatic carbocycles. The van der Waals surface area contributed by atoms with Crippen molar-refractivity contribution >= 4 is 0 Å². The lowest BCUT2D eigenvalue weighted by Gasteiger charge is -2.08. The Bertz CT molecular complexity index is 471. The second-order valence-corrected chi connectivity index (χ2v) is 3.42. The summed E-state index contributed by atoms with van der Waals surface area (Å²) in [5.41, 5.74) is 2.54. The van der Waals surface area contributed by atoms with E-state index in [1.807, 2.05) is 7.05 Å². The third-order valence-corrected chi connectivity index (χ3v) is 2.27. The minimum absolute atomic E-state index is 0.238. The molecule has 1 heterocycles. The van der Waals surface area contributed by atoms with E-state index in [9.17, 15) is 4.39 Å². The normalized spacial score (nSPS) is 10.4. The fraction of sp³-hybridized carbons (Fsp3) is 0.167. The SMILES string of the molecule is CNCc1cc(F)ccc1-c1cnccn1. The van der Waals surface area contributed by atoms with E-state index in [0.29, 0.717) is 6.54 Å². The highest BCUT2D eigenvalue weighted by molar-refractivity contribution is 5.62. The molecule has 0 saturated heterocycles. The molecule has 2 aromatic rings. The Labute approximate surface area is 93.4 Å². The first kappa shape index (κ1) is 10.7. The van der Waals surface area contributed by atoms with E-state index < -0.39 is 0 Å². The highest BCUT2D eigenvalue weighted by Crippen LogP contribution is 2.21. The van der Waals surface area contributed by atoms with Crippen LogP contribution in [-0.2, 0) is 6.54 Å². The fourth-order valence-corrected chi connectivity index (χ4v) is 1.59. The summed E-state index contributed by atoms with van der Waals surface area (Å²) < 4.78 is 13.1. The maximum atomic E-state index is 13.1. The van der Waals surface area contributed by atoms with Crippen molar-refractivity contribution in [2.24, 2.45) is 0 Å². The molecule has 16 heavy (non-hydrogen) atoms. The van der Waals surface area contributed by atoms with Gasteiger partial charge in [0.05, 0.1) is 11.9 Å². The molecule has 0 bridgehead atoms. The standard InChI is InChI=1S/C12H12FN3/c1-14-7-9-6-10(13)2-3-11(9)12-8-15-4-5-16-12/h2-6,8,14H,7H2,1H3. The summed E-state index contributed by atoms with van der Waals surface area (Å²) in [4.78, 5) is 8.22. The first-order valence-corrected chi connectivity index (χ1v) is 5.00. The zero-order valence-corrected chi connectivity index (χ0v) is 8.94. The van der Waals surface area contributed by atoms with Gasteiger partial charge in [-0.15, -0.1) is 0 Å². The summed E-state index contributed by atoms with van der Waals surface area (Å²) in [5, 5.41) is 3.01. The number of halogens is 1. The summed E-state index contributed by atoms with van der Waals surface area (Å²) >= 11 is 0. The van der Waals surface area contributed by atoms with E-state index in [1.54, 1.807) is 24.7 Å². The monoisotopic (exact) mass is 217 g/mol. The molecule has 0 aliphatic rings. The van der Waals surface area contributed by atoms with Gasteiger partial charge in [-0.25, -0.2) is 4.39 Å². The molecule has 0 atom stereocenters. The molecule has 82 valence electrons. The molecule has 3 nitrogen and oxygen atoms in total. The van der Waals surface area contributed by atoms with Crippen LogP contribution in [0, 0.1) is 5.82 Å². The molecule has 0 fully saturated rings. The molecular weight excluding hydrogens is 205 g/mol. The third kappa shape index (κ3) is 2.23. The highest BCUT2D eigenvalue weighted by atomic mass is 19.1. The minimum atomic E-state index is -0.238. The summed E-state index contributed by atoms with van der Waals surface area (Å²) in [6.45, 7) is 0.601. The van der Waals surface area contributed by atoms with Gasteiger partial charge in [-0.05, 0) is 30.8 Å². The average molecular weight is 217 g/mol. The lowest BCUT2D eigenvalue weighted by atomic mass is 10.0. The lowest BCUT2D eigenvalue weighted by molar-refractivity contribution is 0.624. The Balaban J connectivity index is 2.48. The number of benzene rings is 1. The molecule has 0 aliphatic carbocycles. The third-order valence-electron chi connectivity index (χ3n) is 2.27. The van der Waals surface area contributed by atoms with Crippen LogP contribution >= 0.6 is 0 Å². The number of hydrogen-bond donors (Lipinski definition) is 1. The topological polar surface area (TPSA) is 37.8 Å². The van der Waals surface area contributed by atoms with Gasteiger partial charge in [0, 0.05) is 24.5 Å². The molecule has 0 amide bonds. The second kappa shape index (κ2) is 4.81. The van der Waals surface area contributed by atoms with Crippen molar-refractivity contribution in [2.75, 3.05) is 7.05 Å². The number of nitrogens with one attached hydrogen (secondary N) is 1. The predicted molar refractivity (Wildman–Crippen MR) is 60.2 cm³/mol. The summed E-state index contributed by atoms with van der Waals surface area (Å²) in [6.07, 6.45) is 4.92. The quantitative estimate of drug-likeness (QED) is 0.854. The van der Waals surface area contributed by atoms with Gasteiger partial charge in [-0.1, -0.05) is 0 Å². The number of nitrogens with zero attached hydrogens (tertiary/aromatic N) is 2. The van der Waals surface area contributed by atoms with Crippen LogP contribution in [0.15, 0.2) is 36.8 Å².